The fraction of sp³-hybridized carbons (Fsp3) is 0.333. The molecule has 0 aliphatic heterocycles. The smallest absolute Gasteiger partial charge is 0.0287 e. The van der Waals surface area contributed by atoms with Gasteiger partial charge in [-0.3, -0.25) is 0 Å². The van der Waals surface area contributed by atoms with E-state index >= 15 is 0 Å². The quantitative estimate of drug-likeness (QED) is 0.505. The third-order valence-corrected chi connectivity index (χ3v) is 0.957. The van der Waals surface area contributed by atoms with Gasteiger partial charge in [-0.1, -0.05) is 45.2 Å². The van der Waals surface area contributed by atoms with Crippen molar-refractivity contribution < 1.29 is 0 Å². The molecule has 0 saturated carbocycles. The van der Waals surface area contributed by atoms with E-state index in [2.05, 4.69) is 33.1 Å². The van der Waals surface area contributed by atoms with Crippen molar-refractivity contribution in [2.45, 2.75) is 13.8 Å². The highest BCUT2D eigenvalue weighted by Crippen LogP contribution is 1.98. The molecule has 0 aromatic heterocycles. The topological polar surface area (TPSA) is 0 Å². The van der Waals surface area contributed by atoms with Crippen LogP contribution in [0.3, 0.4) is 0 Å². The molecule has 0 fully saturated rings. The highest BCUT2D eigenvalue weighted by Gasteiger charge is 1.82. The van der Waals surface area contributed by atoms with Gasteiger partial charge in [0.1, 0.15) is 0 Å². The van der Waals surface area contributed by atoms with Crippen LogP contribution >= 0.6 is 0 Å². The van der Waals surface area contributed by atoms with Crippen LogP contribution in [-0.2, 0) is 0 Å². The number of hydrogen-bond acceptors (Lipinski definition) is 0. The molecule has 0 rings (SSSR count). The van der Waals surface area contributed by atoms with Crippen LogP contribution in [0.4, 0.5) is 0 Å². The maximum atomic E-state index is 3.74. The Labute approximate surface area is 57.6 Å². The van der Waals surface area contributed by atoms with Gasteiger partial charge in [-0.2, -0.15) is 0 Å². The van der Waals surface area contributed by atoms with Crippen LogP contribution < -0.4 is 0 Å². The summed E-state index contributed by atoms with van der Waals surface area (Å²) >= 11 is 0. The molecule has 50 valence electrons. The number of hydrogen-bond donors (Lipinski definition) is 0. The lowest BCUT2D eigenvalue weighted by molar-refractivity contribution is 0.831. The van der Waals surface area contributed by atoms with Gasteiger partial charge in [-0.15, -0.1) is 0 Å². The Morgan fingerprint density at radius 2 is 2.00 bits per heavy atom. The first-order chi connectivity index (χ1) is 4.16. The van der Waals surface area contributed by atoms with E-state index in [1.165, 1.54) is 0 Å². The molecule has 0 unspecified atom stereocenters. The molecule has 0 saturated heterocycles. The van der Waals surface area contributed by atoms with E-state index in [-0.39, 0.29) is 0 Å². The largest absolute Gasteiger partial charge is 0.0985 e. The Bertz CT molecular complexity index is 127. The van der Waals surface area contributed by atoms with E-state index in [4.69, 9.17) is 0 Å². The lowest BCUT2D eigenvalue weighted by Crippen LogP contribution is -1.76. The van der Waals surface area contributed by atoms with E-state index in [0.29, 0.717) is 5.92 Å². The molecule has 0 amide bonds. The Morgan fingerprint density at radius 1 is 1.44 bits per heavy atom. The molecule has 0 bridgehead atoms. The predicted molar refractivity (Wildman–Crippen MR) is 43.3 cm³/mol. The van der Waals surface area contributed by atoms with Crippen LogP contribution in [0.5, 0.6) is 0 Å². The highest BCUT2D eigenvalue weighted by atomic mass is 13.9. The van der Waals surface area contributed by atoms with E-state index in [1.54, 1.807) is 6.08 Å². The van der Waals surface area contributed by atoms with Crippen molar-refractivity contribution in [1.29, 1.82) is 0 Å². The standard InChI is InChI=1S/C9H14/c1-5-9(4)7-6-8(2)3/h5-8H,1,4H2,2-3H3/b7-6-. The molecule has 0 aromatic rings. The van der Waals surface area contributed by atoms with Gasteiger partial charge >= 0.3 is 0 Å². The van der Waals surface area contributed by atoms with Crippen molar-refractivity contribution in [3.63, 3.8) is 0 Å². The summed E-state index contributed by atoms with van der Waals surface area (Å²) in [7, 11) is 0. The van der Waals surface area contributed by atoms with Crippen molar-refractivity contribution in [2.24, 2.45) is 5.92 Å². The van der Waals surface area contributed by atoms with Gasteiger partial charge < -0.3 is 0 Å². The SMILES string of the molecule is C=CC(=C)/C=C\C(C)C. The first-order valence-corrected chi connectivity index (χ1v) is 3.16. The second-order valence-electron chi connectivity index (χ2n) is 2.38. The normalized spacial score (nSPS) is 10.6. The third kappa shape index (κ3) is 5.09. The minimum Gasteiger partial charge on any atom is -0.0985 e. The molecule has 0 atom stereocenters. The molecule has 0 nitrogen and oxygen atoms in total. The molecule has 0 N–H and O–H groups in total. The number of allylic oxidation sites excluding steroid dienone is 4. The molecule has 0 spiro atoms. The van der Waals surface area contributed by atoms with E-state index in [9.17, 15) is 0 Å². The summed E-state index contributed by atoms with van der Waals surface area (Å²) in [5.74, 6) is 0.599. The first kappa shape index (κ1) is 8.22. The summed E-state index contributed by atoms with van der Waals surface area (Å²) in [6.07, 6.45) is 5.83. The van der Waals surface area contributed by atoms with Gasteiger partial charge in [0.15, 0.2) is 0 Å². The molecule has 0 aliphatic carbocycles. The maximum Gasteiger partial charge on any atom is -0.0287 e. The zero-order valence-corrected chi connectivity index (χ0v) is 6.22. The second-order valence-corrected chi connectivity index (χ2v) is 2.38. The molecule has 0 heterocycles. The molecule has 9 heavy (non-hydrogen) atoms. The van der Waals surface area contributed by atoms with Crippen LogP contribution in [0, 0.1) is 5.92 Å². The van der Waals surface area contributed by atoms with Crippen LogP contribution in [-0.4, -0.2) is 0 Å². The van der Waals surface area contributed by atoms with E-state index in [1.807, 2.05) is 6.08 Å². The molecule has 0 aromatic carbocycles. The summed E-state index contributed by atoms with van der Waals surface area (Å²) in [4.78, 5) is 0. The zero-order chi connectivity index (χ0) is 7.28. The van der Waals surface area contributed by atoms with Crippen molar-refractivity contribution in [2.75, 3.05) is 0 Å². The van der Waals surface area contributed by atoms with Gasteiger partial charge in [-0.05, 0) is 11.5 Å². The van der Waals surface area contributed by atoms with Gasteiger partial charge in [-0.25, -0.2) is 0 Å². The van der Waals surface area contributed by atoms with E-state index < -0.39 is 0 Å². The monoisotopic (exact) mass is 122 g/mol. The highest BCUT2D eigenvalue weighted by molar-refractivity contribution is 5.25. The fourth-order valence-electron chi connectivity index (χ4n) is 0.384. The van der Waals surface area contributed by atoms with E-state index in [0.717, 1.165) is 5.57 Å². The summed E-state index contributed by atoms with van der Waals surface area (Å²) in [5.41, 5.74) is 0.976. The van der Waals surface area contributed by atoms with Gasteiger partial charge in [0, 0.05) is 0 Å². The van der Waals surface area contributed by atoms with Crippen molar-refractivity contribution in [3.05, 3.63) is 37.0 Å². The van der Waals surface area contributed by atoms with Crippen LogP contribution in [0.25, 0.3) is 0 Å². The summed E-state index contributed by atoms with van der Waals surface area (Å²) in [6, 6.07) is 0. The lowest BCUT2D eigenvalue weighted by atomic mass is 10.1. The molecular weight excluding hydrogens is 108 g/mol. The Hall–Kier alpha value is -0.780. The minimum atomic E-state index is 0.599. The van der Waals surface area contributed by atoms with Crippen molar-refractivity contribution in [1.82, 2.24) is 0 Å². The van der Waals surface area contributed by atoms with Crippen LogP contribution in [0.15, 0.2) is 37.0 Å². The second kappa shape index (κ2) is 4.13. The fourth-order valence-corrected chi connectivity index (χ4v) is 0.384. The number of rotatable bonds is 3. The van der Waals surface area contributed by atoms with Crippen molar-refractivity contribution in [3.8, 4) is 0 Å². The van der Waals surface area contributed by atoms with Crippen LogP contribution in [0.2, 0.25) is 0 Å². The maximum absolute atomic E-state index is 3.74. The Balaban J connectivity index is 3.70. The molecule has 0 radical (unpaired) electrons. The lowest BCUT2D eigenvalue weighted by Gasteiger charge is -1.92. The summed E-state index contributed by atoms with van der Waals surface area (Å²) in [5, 5.41) is 0. The van der Waals surface area contributed by atoms with Crippen LogP contribution in [0.1, 0.15) is 13.8 Å². The summed E-state index contributed by atoms with van der Waals surface area (Å²) < 4.78 is 0. The van der Waals surface area contributed by atoms with Gasteiger partial charge in [0.25, 0.3) is 0 Å². The average Bonchev–Trinajstić information content (AvgIpc) is 1.83. The minimum absolute atomic E-state index is 0.599. The predicted octanol–water partition coefficient (Wildman–Crippen LogP) is 2.94. The molecular formula is C9H14. The third-order valence-electron chi connectivity index (χ3n) is 0.957. The Kier molecular flexibility index (Phi) is 3.78. The van der Waals surface area contributed by atoms with Gasteiger partial charge in [0.2, 0.25) is 0 Å². The zero-order valence-electron chi connectivity index (χ0n) is 6.22. The summed E-state index contributed by atoms with van der Waals surface area (Å²) in [6.45, 7) is 11.6. The Morgan fingerprint density at radius 3 is 2.33 bits per heavy atom. The average molecular weight is 122 g/mol. The van der Waals surface area contributed by atoms with Crippen molar-refractivity contribution >= 4 is 0 Å². The molecule has 0 heteroatoms. The first-order valence-electron chi connectivity index (χ1n) is 3.16. The van der Waals surface area contributed by atoms with Gasteiger partial charge in [0.05, 0.1) is 0 Å². The molecule has 0 aliphatic rings.